The predicted molar refractivity (Wildman–Crippen MR) is 85.5 cm³/mol. The molecule has 0 spiro atoms. The minimum Gasteiger partial charge on any atom is -0.385 e. The zero-order valence-corrected chi connectivity index (χ0v) is 14.4. The number of methoxy groups -OCH3 is 1. The molecular formula is C14H31N3O3S. The summed E-state index contributed by atoms with van der Waals surface area (Å²) in [6, 6.07) is -0.0430. The van der Waals surface area contributed by atoms with Gasteiger partial charge in [-0.3, -0.25) is 0 Å². The van der Waals surface area contributed by atoms with Crippen LogP contribution in [0.25, 0.3) is 0 Å². The van der Waals surface area contributed by atoms with Gasteiger partial charge in [0.25, 0.3) is 10.2 Å². The maximum atomic E-state index is 12.5. The van der Waals surface area contributed by atoms with E-state index in [-0.39, 0.29) is 12.1 Å². The monoisotopic (exact) mass is 321 g/mol. The van der Waals surface area contributed by atoms with Crippen molar-refractivity contribution in [2.75, 3.05) is 33.4 Å². The number of nitrogens with zero attached hydrogens (tertiary/aromatic N) is 1. The lowest BCUT2D eigenvalue weighted by Crippen LogP contribution is -2.54. The molecule has 1 heterocycles. The lowest BCUT2D eigenvalue weighted by Gasteiger charge is -2.35. The molecule has 1 aliphatic rings. The molecule has 6 nitrogen and oxygen atoms in total. The van der Waals surface area contributed by atoms with E-state index in [1.54, 1.807) is 11.4 Å². The van der Waals surface area contributed by atoms with Crippen molar-refractivity contribution >= 4 is 10.2 Å². The van der Waals surface area contributed by atoms with E-state index < -0.39 is 10.2 Å². The summed E-state index contributed by atoms with van der Waals surface area (Å²) in [6.07, 6.45) is 4.72. The van der Waals surface area contributed by atoms with Crippen LogP contribution in [0, 0.1) is 0 Å². The Bertz CT molecular complexity index is 376. The quantitative estimate of drug-likeness (QED) is 0.591. The van der Waals surface area contributed by atoms with Gasteiger partial charge < -0.3 is 10.1 Å². The first-order valence-electron chi connectivity index (χ1n) is 8.00. The van der Waals surface area contributed by atoms with Gasteiger partial charge in [0.1, 0.15) is 0 Å². The average Bonchev–Trinajstić information content (AvgIpc) is 2.45. The van der Waals surface area contributed by atoms with Gasteiger partial charge in [0, 0.05) is 38.9 Å². The van der Waals surface area contributed by atoms with E-state index in [0.717, 1.165) is 38.8 Å². The zero-order chi connectivity index (χ0) is 15.7. The number of hydrogen-bond donors (Lipinski definition) is 2. The first-order chi connectivity index (χ1) is 10.0. The molecule has 126 valence electrons. The second-order valence-corrected chi connectivity index (χ2v) is 7.42. The smallest absolute Gasteiger partial charge is 0.279 e. The molecule has 0 radical (unpaired) electrons. The van der Waals surface area contributed by atoms with Gasteiger partial charge in [0.15, 0.2) is 0 Å². The average molecular weight is 321 g/mol. The molecule has 0 aliphatic carbocycles. The summed E-state index contributed by atoms with van der Waals surface area (Å²) in [5, 5.41) is 3.34. The van der Waals surface area contributed by atoms with E-state index >= 15 is 0 Å². The van der Waals surface area contributed by atoms with Gasteiger partial charge in [-0.15, -0.1) is 0 Å². The Morgan fingerprint density at radius 3 is 2.81 bits per heavy atom. The maximum absolute atomic E-state index is 12.5. The lowest BCUT2D eigenvalue weighted by molar-refractivity contribution is 0.186. The van der Waals surface area contributed by atoms with Crippen molar-refractivity contribution in [3.8, 4) is 0 Å². The van der Waals surface area contributed by atoms with Gasteiger partial charge in [0.2, 0.25) is 0 Å². The van der Waals surface area contributed by atoms with Gasteiger partial charge in [-0.1, -0.05) is 13.3 Å². The van der Waals surface area contributed by atoms with Crippen molar-refractivity contribution in [3.63, 3.8) is 0 Å². The molecule has 1 aliphatic heterocycles. The molecule has 2 atom stereocenters. The molecule has 21 heavy (non-hydrogen) atoms. The van der Waals surface area contributed by atoms with Gasteiger partial charge in [-0.25, -0.2) is 0 Å². The molecule has 1 rings (SSSR count). The molecule has 0 aromatic heterocycles. The molecule has 0 amide bonds. The van der Waals surface area contributed by atoms with Gasteiger partial charge in [-0.05, 0) is 39.2 Å². The molecule has 1 fully saturated rings. The molecule has 0 aromatic rings. The molecular weight excluding hydrogens is 290 g/mol. The maximum Gasteiger partial charge on any atom is 0.279 e. The third-order valence-corrected chi connectivity index (χ3v) is 5.59. The number of hydrogen-bond acceptors (Lipinski definition) is 4. The van der Waals surface area contributed by atoms with Crippen LogP contribution in [0.4, 0.5) is 0 Å². The number of rotatable bonds is 10. The molecule has 1 saturated heterocycles. The van der Waals surface area contributed by atoms with E-state index in [1.165, 1.54) is 0 Å². The minimum absolute atomic E-state index is 0.0671. The highest BCUT2D eigenvalue weighted by Crippen LogP contribution is 2.19. The van der Waals surface area contributed by atoms with Crippen molar-refractivity contribution in [3.05, 3.63) is 0 Å². The van der Waals surface area contributed by atoms with Crippen molar-refractivity contribution in [2.24, 2.45) is 0 Å². The standard InChI is InChI=1S/C14H31N3O3S/c1-4-9-15-12-14-7-5-6-10-17(14)21(18,19)16-13(2)8-11-20-3/h13-16H,4-12H2,1-3H3. The van der Waals surface area contributed by atoms with Crippen LogP contribution < -0.4 is 10.0 Å². The van der Waals surface area contributed by atoms with Crippen LogP contribution in [-0.4, -0.2) is 58.2 Å². The van der Waals surface area contributed by atoms with Crippen LogP contribution in [0.15, 0.2) is 0 Å². The van der Waals surface area contributed by atoms with E-state index in [2.05, 4.69) is 17.0 Å². The Balaban J connectivity index is 2.59. The summed E-state index contributed by atoms with van der Waals surface area (Å²) in [5.41, 5.74) is 0. The largest absolute Gasteiger partial charge is 0.385 e. The van der Waals surface area contributed by atoms with Crippen LogP contribution in [0.1, 0.15) is 46.0 Å². The van der Waals surface area contributed by atoms with Crippen molar-refractivity contribution in [1.29, 1.82) is 0 Å². The van der Waals surface area contributed by atoms with Crippen LogP contribution >= 0.6 is 0 Å². The van der Waals surface area contributed by atoms with Crippen LogP contribution in [0.5, 0.6) is 0 Å². The molecule has 0 bridgehead atoms. The lowest BCUT2D eigenvalue weighted by atomic mass is 10.1. The van der Waals surface area contributed by atoms with Crippen molar-refractivity contribution in [2.45, 2.75) is 58.0 Å². The van der Waals surface area contributed by atoms with E-state index in [0.29, 0.717) is 19.6 Å². The van der Waals surface area contributed by atoms with E-state index in [1.807, 2.05) is 6.92 Å². The second kappa shape index (κ2) is 9.74. The summed E-state index contributed by atoms with van der Waals surface area (Å²) >= 11 is 0. The normalized spacial score (nSPS) is 22.3. The second-order valence-electron chi connectivity index (χ2n) is 5.77. The highest BCUT2D eigenvalue weighted by Gasteiger charge is 2.32. The topological polar surface area (TPSA) is 70.7 Å². The van der Waals surface area contributed by atoms with Gasteiger partial charge in [0.05, 0.1) is 0 Å². The molecule has 0 aromatic carbocycles. The number of ether oxygens (including phenoxy) is 1. The van der Waals surface area contributed by atoms with Crippen LogP contribution in [0.3, 0.4) is 0 Å². The van der Waals surface area contributed by atoms with E-state index in [4.69, 9.17) is 4.74 Å². The van der Waals surface area contributed by atoms with Gasteiger partial charge >= 0.3 is 0 Å². The van der Waals surface area contributed by atoms with Crippen LogP contribution in [-0.2, 0) is 14.9 Å². The third-order valence-electron chi connectivity index (χ3n) is 3.79. The highest BCUT2D eigenvalue weighted by molar-refractivity contribution is 7.87. The Kier molecular flexibility index (Phi) is 8.73. The number of piperidine rings is 1. The SMILES string of the molecule is CCCNCC1CCCCN1S(=O)(=O)NC(C)CCOC. The summed E-state index contributed by atoms with van der Waals surface area (Å²) < 4.78 is 34.5. The predicted octanol–water partition coefficient (Wildman–Crippen LogP) is 1.10. The van der Waals surface area contributed by atoms with Crippen molar-refractivity contribution < 1.29 is 13.2 Å². The van der Waals surface area contributed by atoms with E-state index in [9.17, 15) is 8.42 Å². The Morgan fingerprint density at radius 2 is 2.14 bits per heavy atom. The first-order valence-corrected chi connectivity index (χ1v) is 9.44. The fraction of sp³-hybridized carbons (Fsp3) is 1.00. The summed E-state index contributed by atoms with van der Waals surface area (Å²) in [5.74, 6) is 0. The molecule has 2 N–H and O–H groups in total. The summed E-state index contributed by atoms with van der Waals surface area (Å²) in [4.78, 5) is 0. The first kappa shape index (κ1) is 18.8. The Hall–Kier alpha value is -0.210. The summed E-state index contributed by atoms with van der Waals surface area (Å²) in [7, 11) is -1.79. The molecule has 0 saturated carbocycles. The number of nitrogens with one attached hydrogen (secondary N) is 2. The third kappa shape index (κ3) is 6.61. The van der Waals surface area contributed by atoms with Crippen molar-refractivity contribution in [1.82, 2.24) is 14.3 Å². The highest BCUT2D eigenvalue weighted by atomic mass is 32.2. The summed E-state index contributed by atoms with van der Waals surface area (Å²) in [6.45, 7) is 6.84. The molecule has 7 heteroatoms. The Labute approximate surface area is 129 Å². The van der Waals surface area contributed by atoms with Gasteiger partial charge in [-0.2, -0.15) is 17.4 Å². The zero-order valence-electron chi connectivity index (χ0n) is 13.6. The minimum atomic E-state index is -3.41. The fourth-order valence-electron chi connectivity index (χ4n) is 2.62. The Morgan fingerprint density at radius 1 is 1.38 bits per heavy atom. The molecule has 2 unspecified atom stereocenters. The van der Waals surface area contributed by atoms with Crippen LogP contribution in [0.2, 0.25) is 0 Å². The fourth-order valence-corrected chi connectivity index (χ4v) is 4.32.